The highest BCUT2D eigenvalue weighted by atomic mass is 16.6. The van der Waals surface area contributed by atoms with Gasteiger partial charge in [0.1, 0.15) is 12.2 Å². The van der Waals surface area contributed by atoms with Crippen molar-refractivity contribution < 1.29 is 29.3 Å². The Balaban J connectivity index is 1.41. The summed E-state index contributed by atoms with van der Waals surface area (Å²) in [5.74, 6) is 6.77. The van der Waals surface area contributed by atoms with E-state index in [1.807, 2.05) is 29.9 Å². The zero-order valence-corrected chi connectivity index (χ0v) is 23.9. The molecule has 1 unspecified atom stereocenters. The average molecular weight is 581 g/mol. The molecule has 2 fully saturated rings. The van der Waals surface area contributed by atoms with E-state index in [0.29, 0.717) is 55.5 Å². The number of imidazole rings is 1. The van der Waals surface area contributed by atoms with Crippen LogP contribution in [0.5, 0.6) is 0 Å². The maximum atomic E-state index is 12.4. The summed E-state index contributed by atoms with van der Waals surface area (Å²) in [6.07, 6.45) is 0.177. The predicted molar refractivity (Wildman–Crippen MR) is 151 cm³/mol. The van der Waals surface area contributed by atoms with E-state index in [2.05, 4.69) is 37.4 Å². The van der Waals surface area contributed by atoms with Gasteiger partial charge in [0.05, 0.1) is 20.0 Å². The molecule has 14 heteroatoms. The Kier molecular flexibility index (Phi) is 8.91. The number of ether oxygens (including phenoxy) is 2. The number of piperidine rings is 1. The Hall–Kier alpha value is -4.19. The monoisotopic (exact) mass is 580 g/mol. The molecule has 2 saturated heterocycles. The first-order valence-electron chi connectivity index (χ1n) is 14.0. The standard InChI is InChI=1S/C28H36N8O6/c1-4-29-26(39)23-21(37)22(38)27(42-23)36-16-31-20-24(30-15-18-8-6-12-34(18)2)32-19(33-25(20)36)9-5-7-17-10-13-35(14-11-17)28(40)41-3/h6,8,12,16-17,21-23,27,37-38H,4,7,10-11,13-15H2,1-3H3,(H,29,39)(H,30,32,33)/t21?,22-,23-,27+/m0/s1. The quantitative estimate of drug-likeness (QED) is 0.293. The summed E-state index contributed by atoms with van der Waals surface area (Å²) in [5.41, 5.74) is 1.79. The number of nitrogens with one attached hydrogen (secondary N) is 2. The smallest absolute Gasteiger partial charge is 0.409 e. The molecule has 4 N–H and O–H groups in total. The topological polar surface area (TPSA) is 169 Å². The second kappa shape index (κ2) is 12.8. The summed E-state index contributed by atoms with van der Waals surface area (Å²) in [6.45, 7) is 3.83. The third-order valence-electron chi connectivity index (χ3n) is 7.67. The number of aromatic nitrogens is 5. The van der Waals surface area contributed by atoms with Gasteiger partial charge in [-0.05, 0) is 43.7 Å². The highest BCUT2D eigenvalue weighted by Crippen LogP contribution is 2.33. The van der Waals surface area contributed by atoms with Gasteiger partial charge in [-0.1, -0.05) is 5.92 Å². The molecule has 3 aromatic heterocycles. The van der Waals surface area contributed by atoms with Gasteiger partial charge in [-0.3, -0.25) is 9.36 Å². The number of methoxy groups -OCH3 is 1. The number of aliphatic hydroxyl groups excluding tert-OH is 2. The number of anilines is 1. The van der Waals surface area contributed by atoms with Crippen molar-refractivity contribution in [3.63, 3.8) is 0 Å². The number of likely N-dealkylation sites (tertiary alicyclic amines) is 1. The maximum Gasteiger partial charge on any atom is 0.409 e. The second-order valence-corrected chi connectivity index (χ2v) is 10.4. The van der Waals surface area contributed by atoms with Crippen molar-refractivity contribution in [2.24, 2.45) is 13.0 Å². The van der Waals surface area contributed by atoms with E-state index >= 15 is 0 Å². The third kappa shape index (κ3) is 6.03. The number of amides is 2. The molecule has 0 spiro atoms. The Labute approximate surface area is 243 Å². The van der Waals surface area contributed by atoms with Crippen LogP contribution in [0.25, 0.3) is 11.2 Å². The van der Waals surface area contributed by atoms with Gasteiger partial charge in [0.2, 0.25) is 5.82 Å². The Morgan fingerprint density at radius 1 is 1.21 bits per heavy atom. The van der Waals surface area contributed by atoms with Crippen LogP contribution in [-0.2, 0) is 27.9 Å². The van der Waals surface area contributed by atoms with Crippen LogP contribution in [0.3, 0.4) is 0 Å². The van der Waals surface area contributed by atoms with Gasteiger partial charge in [0.25, 0.3) is 5.91 Å². The zero-order chi connectivity index (χ0) is 29.8. The number of nitrogens with zero attached hydrogens (tertiary/aromatic N) is 6. The first-order chi connectivity index (χ1) is 20.3. The van der Waals surface area contributed by atoms with Crippen molar-refractivity contribution >= 4 is 29.0 Å². The number of likely N-dealkylation sites (N-methyl/N-ethyl adjacent to an activating group) is 1. The van der Waals surface area contributed by atoms with Crippen LogP contribution in [0.1, 0.15) is 43.9 Å². The summed E-state index contributed by atoms with van der Waals surface area (Å²) >= 11 is 0. The lowest BCUT2D eigenvalue weighted by molar-refractivity contribution is -0.137. The number of fused-ring (bicyclic) bond motifs is 1. The summed E-state index contributed by atoms with van der Waals surface area (Å²) in [5, 5.41) is 27.3. The van der Waals surface area contributed by atoms with Crippen LogP contribution in [0.2, 0.25) is 0 Å². The second-order valence-electron chi connectivity index (χ2n) is 10.4. The van der Waals surface area contributed by atoms with Gasteiger partial charge in [0.15, 0.2) is 29.3 Å². The van der Waals surface area contributed by atoms with Crippen LogP contribution in [0.15, 0.2) is 24.7 Å². The van der Waals surface area contributed by atoms with Crippen molar-refractivity contribution in [1.82, 2.24) is 34.3 Å². The van der Waals surface area contributed by atoms with Gasteiger partial charge >= 0.3 is 6.09 Å². The molecule has 0 bridgehead atoms. The molecule has 42 heavy (non-hydrogen) atoms. The molecule has 0 saturated carbocycles. The fraction of sp³-hybridized carbons (Fsp3) is 0.536. The number of aryl methyl sites for hydroxylation is 1. The lowest BCUT2D eigenvalue weighted by atomic mass is 9.94. The van der Waals surface area contributed by atoms with E-state index in [1.165, 1.54) is 18.0 Å². The minimum absolute atomic E-state index is 0.249. The molecule has 5 rings (SSSR count). The van der Waals surface area contributed by atoms with Crippen molar-refractivity contribution in [1.29, 1.82) is 0 Å². The molecule has 3 aromatic rings. The molecular formula is C28H36N8O6. The van der Waals surface area contributed by atoms with Gasteiger partial charge in [-0.2, -0.15) is 0 Å². The van der Waals surface area contributed by atoms with Gasteiger partial charge < -0.3 is 39.8 Å². The number of carbonyl (C=O) groups excluding carboxylic acids is 2. The summed E-state index contributed by atoms with van der Waals surface area (Å²) in [7, 11) is 3.33. The van der Waals surface area contributed by atoms with E-state index in [1.54, 1.807) is 11.8 Å². The van der Waals surface area contributed by atoms with Crippen molar-refractivity contribution in [2.75, 3.05) is 32.1 Å². The predicted octanol–water partition coefficient (Wildman–Crippen LogP) is 0.752. The van der Waals surface area contributed by atoms with Gasteiger partial charge in [-0.15, -0.1) is 0 Å². The lowest BCUT2D eigenvalue weighted by Crippen LogP contribution is -2.42. The SMILES string of the molecule is CCNC(=O)[C@H]1O[C@@H](n2cnc3c(NCc4cccn4C)nc(C#CCC4CCN(C(=O)OC)CC4)nc32)[C@@H](O)C1O. The van der Waals surface area contributed by atoms with Crippen LogP contribution >= 0.6 is 0 Å². The van der Waals surface area contributed by atoms with Crippen LogP contribution < -0.4 is 10.6 Å². The number of hydrogen-bond acceptors (Lipinski definition) is 10. The van der Waals surface area contributed by atoms with E-state index in [0.717, 1.165) is 18.5 Å². The largest absolute Gasteiger partial charge is 0.453 e. The molecule has 224 valence electrons. The molecule has 5 heterocycles. The van der Waals surface area contributed by atoms with Crippen molar-refractivity contribution in [2.45, 2.75) is 57.3 Å². The van der Waals surface area contributed by atoms with Crippen molar-refractivity contribution in [3.05, 3.63) is 36.2 Å². The van der Waals surface area contributed by atoms with Crippen LogP contribution in [0, 0.1) is 17.8 Å². The molecule has 0 radical (unpaired) electrons. The Morgan fingerprint density at radius 3 is 2.69 bits per heavy atom. The van der Waals surface area contributed by atoms with Gasteiger partial charge in [0, 0.05) is 45.0 Å². The molecule has 0 aliphatic carbocycles. The number of hydrogen-bond donors (Lipinski definition) is 4. The van der Waals surface area contributed by atoms with E-state index < -0.39 is 30.4 Å². The zero-order valence-electron chi connectivity index (χ0n) is 23.9. The van der Waals surface area contributed by atoms with Gasteiger partial charge in [-0.25, -0.2) is 19.7 Å². The van der Waals surface area contributed by atoms with Crippen LogP contribution in [-0.4, -0.2) is 96.3 Å². The summed E-state index contributed by atoms with van der Waals surface area (Å²) in [4.78, 5) is 39.6. The molecular weight excluding hydrogens is 544 g/mol. The first kappa shape index (κ1) is 29.3. The Morgan fingerprint density at radius 2 is 2.00 bits per heavy atom. The maximum absolute atomic E-state index is 12.4. The Bertz CT molecular complexity index is 1480. The van der Waals surface area contributed by atoms with E-state index in [-0.39, 0.29) is 11.9 Å². The summed E-state index contributed by atoms with van der Waals surface area (Å²) in [6, 6.07) is 3.94. The fourth-order valence-corrected chi connectivity index (χ4v) is 5.24. The molecule has 2 amide bonds. The first-order valence-corrected chi connectivity index (χ1v) is 14.0. The third-order valence-corrected chi connectivity index (χ3v) is 7.67. The molecule has 14 nitrogen and oxygen atoms in total. The number of rotatable bonds is 7. The van der Waals surface area contributed by atoms with E-state index in [4.69, 9.17) is 9.47 Å². The number of aliphatic hydroxyl groups is 2. The minimum Gasteiger partial charge on any atom is -0.453 e. The lowest BCUT2D eigenvalue weighted by Gasteiger charge is -2.29. The molecule has 4 atom stereocenters. The molecule has 2 aliphatic rings. The highest BCUT2D eigenvalue weighted by molar-refractivity contribution is 5.84. The number of carbonyl (C=O) groups is 2. The average Bonchev–Trinajstić information content (AvgIpc) is 3.69. The molecule has 2 aliphatic heterocycles. The van der Waals surface area contributed by atoms with Crippen LogP contribution in [0.4, 0.5) is 10.6 Å². The molecule has 0 aromatic carbocycles. The minimum atomic E-state index is -1.43. The summed E-state index contributed by atoms with van der Waals surface area (Å²) < 4.78 is 14.1. The normalized spacial score (nSPS) is 22.5. The highest BCUT2D eigenvalue weighted by Gasteiger charge is 2.47. The van der Waals surface area contributed by atoms with Crippen molar-refractivity contribution in [3.8, 4) is 11.8 Å². The fourth-order valence-electron chi connectivity index (χ4n) is 5.24. The van der Waals surface area contributed by atoms with E-state index in [9.17, 15) is 19.8 Å².